The topological polar surface area (TPSA) is 117 Å². The van der Waals surface area contributed by atoms with E-state index < -0.39 is 23.9 Å². The predicted octanol–water partition coefficient (Wildman–Crippen LogP) is 2.99. The Morgan fingerprint density at radius 3 is 2.45 bits per heavy atom. The number of nitrogens with one attached hydrogen (secondary N) is 2. The lowest BCUT2D eigenvalue weighted by molar-refractivity contribution is -0.136. The summed E-state index contributed by atoms with van der Waals surface area (Å²) < 4.78 is 11.8. The first-order valence-electron chi connectivity index (χ1n) is 14.8. The fourth-order valence-corrected chi connectivity index (χ4v) is 4.92. The molecule has 2 N–H and O–H groups in total. The standard InChI is InChI=1S/C34H40N4O6/c1-24-11-7-9-15-29(24)43-21-19-37(2)33(41)27-17-18-31(39)35-28(23-25-12-5-4-6-13-25)34(42)38(3)20-22-44-30-16-10-8-14-26(30)32(40)36-27/h4-16,27-28H,17-23H2,1-3H3,(H,35,39)(H,36,40)/t27-,28-/m0/s1. The average molecular weight is 601 g/mol. The van der Waals surface area contributed by atoms with Gasteiger partial charge in [-0.15, -0.1) is 0 Å². The Bertz CT molecular complexity index is 1450. The van der Waals surface area contributed by atoms with Crippen LogP contribution < -0.4 is 20.1 Å². The molecule has 232 valence electrons. The molecule has 0 aliphatic carbocycles. The van der Waals surface area contributed by atoms with Gasteiger partial charge in [-0.3, -0.25) is 19.2 Å². The summed E-state index contributed by atoms with van der Waals surface area (Å²) in [6.45, 7) is 2.84. The zero-order valence-corrected chi connectivity index (χ0v) is 25.5. The van der Waals surface area contributed by atoms with Crippen molar-refractivity contribution in [2.45, 2.75) is 38.3 Å². The summed E-state index contributed by atoms with van der Waals surface area (Å²) in [7, 11) is 3.28. The van der Waals surface area contributed by atoms with E-state index in [0.29, 0.717) is 12.2 Å². The molecule has 2 atom stereocenters. The summed E-state index contributed by atoms with van der Waals surface area (Å²) in [5.41, 5.74) is 2.14. The lowest BCUT2D eigenvalue weighted by atomic mass is 10.0. The van der Waals surface area contributed by atoms with Gasteiger partial charge in [-0.25, -0.2) is 0 Å². The molecule has 0 unspecified atom stereocenters. The molecular weight excluding hydrogens is 560 g/mol. The highest BCUT2D eigenvalue weighted by Crippen LogP contribution is 2.20. The molecule has 3 aromatic carbocycles. The van der Waals surface area contributed by atoms with Gasteiger partial charge in [0.2, 0.25) is 17.7 Å². The van der Waals surface area contributed by atoms with Gasteiger partial charge in [0.05, 0.1) is 18.7 Å². The molecule has 1 aliphatic rings. The highest BCUT2D eigenvalue weighted by Gasteiger charge is 2.29. The van der Waals surface area contributed by atoms with Crippen LogP contribution in [0.3, 0.4) is 0 Å². The van der Waals surface area contributed by atoms with Crippen molar-refractivity contribution in [1.82, 2.24) is 20.4 Å². The second-order valence-electron chi connectivity index (χ2n) is 10.9. The quantitative estimate of drug-likeness (QED) is 0.431. The van der Waals surface area contributed by atoms with Crippen molar-refractivity contribution in [3.63, 3.8) is 0 Å². The molecule has 0 saturated heterocycles. The van der Waals surface area contributed by atoms with E-state index in [1.54, 1.807) is 38.4 Å². The molecule has 10 heteroatoms. The van der Waals surface area contributed by atoms with Crippen molar-refractivity contribution in [2.24, 2.45) is 0 Å². The minimum absolute atomic E-state index is 0.0323. The third kappa shape index (κ3) is 8.82. The van der Waals surface area contributed by atoms with E-state index in [0.717, 1.165) is 16.9 Å². The summed E-state index contributed by atoms with van der Waals surface area (Å²) in [4.78, 5) is 56.6. The number of nitrogens with zero attached hydrogens (tertiary/aromatic N) is 2. The van der Waals surface area contributed by atoms with Crippen LogP contribution in [-0.2, 0) is 20.8 Å². The summed E-state index contributed by atoms with van der Waals surface area (Å²) in [5.74, 6) is -0.443. The number of carbonyl (C=O) groups is 4. The first-order valence-corrected chi connectivity index (χ1v) is 14.8. The number of rotatable bonds is 7. The van der Waals surface area contributed by atoms with Gasteiger partial charge in [-0.1, -0.05) is 60.7 Å². The molecule has 0 radical (unpaired) electrons. The van der Waals surface area contributed by atoms with Crippen LogP contribution in [-0.4, -0.2) is 85.9 Å². The number of likely N-dealkylation sites (N-methyl/N-ethyl adjacent to an activating group) is 2. The molecular formula is C34H40N4O6. The Morgan fingerprint density at radius 2 is 1.68 bits per heavy atom. The number of hydrogen-bond donors (Lipinski definition) is 2. The van der Waals surface area contributed by atoms with Gasteiger partial charge in [0, 0.05) is 26.9 Å². The van der Waals surface area contributed by atoms with E-state index in [1.165, 1.54) is 9.80 Å². The zero-order valence-electron chi connectivity index (χ0n) is 25.5. The Labute approximate surface area is 258 Å². The van der Waals surface area contributed by atoms with Crippen LogP contribution in [0, 0.1) is 6.92 Å². The second-order valence-corrected chi connectivity index (χ2v) is 10.9. The largest absolute Gasteiger partial charge is 0.491 e. The number of fused-ring (bicyclic) bond motifs is 1. The third-order valence-electron chi connectivity index (χ3n) is 7.53. The maximum atomic E-state index is 13.6. The lowest BCUT2D eigenvalue weighted by Gasteiger charge is -2.26. The van der Waals surface area contributed by atoms with Gasteiger partial charge in [-0.05, 0) is 42.7 Å². The monoisotopic (exact) mass is 600 g/mol. The number of aryl methyl sites for hydroxylation is 1. The molecule has 0 spiro atoms. The van der Waals surface area contributed by atoms with Gasteiger partial charge in [0.1, 0.15) is 36.8 Å². The Balaban J connectivity index is 1.53. The van der Waals surface area contributed by atoms with Gasteiger partial charge in [0.15, 0.2) is 0 Å². The molecule has 0 fully saturated rings. The minimum atomic E-state index is -0.999. The van der Waals surface area contributed by atoms with Gasteiger partial charge in [0.25, 0.3) is 5.91 Å². The molecule has 4 rings (SSSR count). The number of carbonyl (C=O) groups excluding carboxylic acids is 4. The molecule has 0 saturated carbocycles. The summed E-state index contributed by atoms with van der Waals surface area (Å²) >= 11 is 0. The first-order chi connectivity index (χ1) is 21.2. The van der Waals surface area contributed by atoms with E-state index in [2.05, 4.69) is 10.6 Å². The highest BCUT2D eigenvalue weighted by atomic mass is 16.5. The highest BCUT2D eigenvalue weighted by molar-refractivity contribution is 5.99. The summed E-state index contributed by atoms with van der Waals surface area (Å²) in [5, 5.41) is 5.68. The number of ether oxygens (including phenoxy) is 2. The molecule has 0 bridgehead atoms. The van der Waals surface area contributed by atoms with Crippen molar-refractivity contribution in [3.05, 3.63) is 95.6 Å². The van der Waals surface area contributed by atoms with Crippen molar-refractivity contribution >= 4 is 23.6 Å². The van der Waals surface area contributed by atoms with E-state index >= 15 is 0 Å². The van der Waals surface area contributed by atoms with Crippen LogP contribution >= 0.6 is 0 Å². The molecule has 1 aliphatic heterocycles. The minimum Gasteiger partial charge on any atom is -0.491 e. The van der Waals surface area contributed by atoms with E-state index in [-0.39, 0.29) is 56.5 Å². The number of benzene rings is 3. The maximum absolute atomic E-state index is 13.6. The molecule has 4 amide bonds. The van der Waals surface area contributed by atoms with Crippen molar-refractivity contribution in [1.29, 1.82) is 0 Å². The van der Waals surface area contributed by atoms with Crippen LogP contribution in [0.1, 0.15) is 34.3 Å². The van der Waals surface area contributed by atoms with E-state index in [4.69, 9.17) is 9.47 Å². The molecule has 1 heterocycles. The fourth-order valence-electron chi connectivity index (χ4n) is 4.92. The molecule has 0 aromatic heterocycles. The normalized spacial score (nSPS) is 18.1. The lowest BCUT2D eigenvalue weighted by Crippen LogP contribution is -2.50. The van der Waals surface area contributed by atoms with E-state index in [1.807, 2.05) is 61.5 Å². The van der Waals surface area contributed by atoms with Crippen LogP contribution in [0.25, 0.3) is 0 Å². The van der Waals surface area contributed by atoms with Crippen molar-refractivity contribution < 1.29 is 28.7 Å². The SMILES string of the molecule is Cc1ccccc1OCCN(C)C(=O)[C@@H]1CCC(=O)N[C@@H](Cc2ccccc2)C(=O)N(C)CCOc2ccccc2C(=O)N1. The van der Waals surface area contributed by atoms with Gasteiger partial charge < -0.3 is 29.9 Å². The maximum Gasteiger partial charge on any atom is 0.255 e. The first kappa shape index (κ1) is 32.1. The van der Waals surface area contributed by atoms with Crippen LogP contribution in [0.4, 0.5) is 0 Å². The Morgan fingerprint density at radius 1 is 0.977 bits per heavy atom. The molecule has 44 heavy (non-hydrogen) atoms. The smallest absolute Gasteiger partial charge is 0.255 e. The van der Waals surface area contributed by atoms with E-state index in [9.17, 15) is 19.2 Å². The average Bonchev–Trinajstić information content (AvgIpc) is 3.03. The van der Waals surface area contributed by atoms with Gasteiger partial charge >= 0.3 is 0 Å². The van der Waals surface area contributed by atoms with Gasteiger partial charge in [-0.2, -0.15) is 0 Å². The zero-order chi connectivity index (χ0) is 31.5. The van der Waals surface area contributed by atoms with Crippen LogP contribution in [0.2, 0.25) is 0 Å². The fraction of sp³-hybridized carbons (Fsp3) is 0.353. The van der Waals surface area contributed by atoms with Crippen LogP contribution in [0.5, 0.6) is 11.5 Å². The summed E-state index contributed by atoms with van der Waals surface area (Å²) in [6, 6.07) is 22.0. The molecule has 3 aromatic rings. The third-order valence-corrected chi connectivity index (χ3v) is 7.53. The second kappa shape index (κ2) is 15.6. The number of hydrogen-bond acceptors (Lipinski definition) is 6. The molecule has 10 nitrogen and oxygen atoms in total. The van der Waals surface area contributed by atoms with Crippen molar-refractivity contribution in [2.75, 3.05) is 40.4 Å². The summed E-state index contributed by atoms with van der Waals surface area (Å²) in [6.07, 6.45) is 0.261. The predicted molar refractivity (Wildman–Crippen MR) is 166 cm³/mol. The Hall–Kier alpha value is -4.86. The number of amides is 4. The number of para-hydroxylation sites is 2. The van der Waals surface area contributed by atoms with Crippen LogP contribution in [0.15, 0.2) is 78.9 Å². The Kier molecular flexibility index (Phi) is 11.3. The van der Waals surface area contributed by atoms with Crippen molar-refractivity contribution in [3.8, 4) is 11.5 Å².